The molecule has 44 heavy (non-hydrogen) atoms. The van der Waals surface area contributed by atoms with Crippen LogP contribution < -0.4 is 16.0 Å². The minimum absolute atomic E-state index is 0.0328. The molecule has 0 aliphatic heterocycles. The van der Waals surface area contributed by atoms with Gasteiger partial charge in [-0.05, 0) is 89.9 Å². The monoisotopic (exact) mass is 611 g/mol. The molecule has 5 aliphatic carbocycles. The lowest BCUT2D eigenvalue weighted by Gasteiger charge is -2.55. The second-order valence-corrected chi connectivity index (χ2v) is 14.5. The third-order valence-electron chi connectivity index (χ3n) is 9.03. The van der Waals surface area contributed by atoms with Crippen LogP contribution in [0.1, 0.15) is 112 Å². The topological polar surface area (TPSA) is 139 Å². The van der Waals surface area contributed by atoms with Gasteiger partial charge in [-0.3, -0.25) is 44.7 Å². The fourth-order valence-electron chi connectivity index (χ4n) is 6.81. The average Bonchev–Trinajstić information content (AvgIpc) is 2.92. The zero-order chi connectivity index (χ0) is 33.4. The fourth-order valence-corrected chi connectivity index (χ4v) is 6.81. The summed E-state index contributed by atoms with van der Waals surface area (Å²) < 4.78 is 0. The molecular weight excluding hydrogens is 558 g/mol. The van der Waals surface area contributed by atoms with Gasteiger partial charge in [0.1, 0.15) is 0 Å². The molecule has 9 heteroatoms. The van der Waals surface area contributed by atoms with Crippen molar-refractivity contribution in [3.8, 4) is 0 Å². The lowest BCUT2D eigenvalue weighted by atomic mass is 9.49. The summed E-state index contributed by atoms with van der Waals surface area (Å²) in [6.45, 7) is 20.5. The summed E-state index contributed by atoms with van der Waals surface area (Å²) in [7, 11) is 0. The van der Waals surface area contributed by atoms with Crippen LogP contribution in [-0.2, 0) is 28.8 Å². The van der Waals surface area contributed by atoms with Crippen LogP contribution in [0.15, 0.2) is 36.5 Å². The van der Waals surface area contributed by atoms with Crippen molar-refractivity contribution in [3.05, 3.63) is 36.5 Å². The SMILES string of the molecule is C=C(C)C(=O)NC(=O)C(C)(C)C.C=C(C)C(=O)NC(=O)C12CC3CC(CC(C3)C1)C2.C=C(C)C(=O)NC(=O)C1CCCCC1. The molecule has 9 nitrogen and oxygen atoms in total. The van der Waals surface area contributed by atoms with Crippen LogP contribution in [0.25, 0.3) is 0 Å². The predicted octanol–water partition coefficient (Wildman–Crippen LogP) is 5.46. The Morgan fingerprint density at radius 1 is 0.614 bits per heavy atom. The normalized spacial score (nSPS) is 25.1. The van der Waals surface area contributed by atoms with E-state index in [-0.39, 0.29) is 40.9 Å². The molecule has 0 radical (unpaired) electrons. The van der Waals surface area contributed by atoms with Crippen LogP contribution in [0.3, 0.4) is 0 Å². The van der Waals surface area contributed by atoms with Gasteiger partial charge in [0.25, 0.3) is 17.7 Å². The quantitative estimate of drug-likeness (QED) is 0.353. The standard InChI is InChI=1S/C15H21NO2.C11H17NO2.C9H15NO2/c1-9(2)13(17)16-14(18)15-6-10-3-11(7-15)5-12(4-10)8-15;1-8(2)10(13)12-11(14)9-6-4-3-5-7-9;1-6(2)7(11)10-8(12)9(3,4)5/h10-12H,1,3-8H2,2H3,(H,16,17,18);9H,1,3-7H2,2H3,(H,12,13,14);1H2,2-5H3,(H,10,11,12). The maximum absolute atomic E-state index is 12.4. The zero-order valence-corrected chi connectivity index (χ0v) is 27.7. The molecule has 0 aromatic heterocycles. The van der Waals surface area contributed by atoms with E-state index in [1.807, 2.05) is 0 Å². The van der Waals surface area contributed by atoms with Crippen LogP contribution in [0.5, 0.6) is 0 Å². The molecule has 3 N–H and O–H groups in total. The molecule has 0 aromatic carbocycles. The number of hydrogen-bond acceptors (Lipinski definition) is 6. The Hall–Kier alpha value is -3.36. The van der Waals surface area contributed by atoms with E-state index < -0.39 is 11.3 Å². The van der Waals surface area contributed by atoms with Gasteiger partial charge in [-0.1, -0.05) is 59.8 Å². The molecule has 0 heterocycles. The van der Waals surface area contributed by atoms with Crippen molar-refractivity contribution in [3.63, 3.8) is 0 Å². The molecule has 0 saturated heterocycles. The maximum Gasteiger partial charge on any atom is 0.252 e. The number of amides is 6. The molecule has 0 aromatic rings. The van der Waals surface area contributed by atoms with Crippen LogP contribution >= 0.6 is 0 Å². The van der Waals surface area contributed by atoms with E-state index in [4.69, 9.17) is 0 Å². The highest BCUT2D eigenvalue weighted by molar-refractivity contribution is 6.06. The number of hydrogen-bond donors (Lipinski definition) is 3. The first-order valence-corrected chi connectivity index (χ1v) is 15.9. The van der Waals surface area contributed by atoms with Gasteiger partial charge in [-0.15, -0.1) is 0 Å². The molecule has 5 saturated carbocycles. The van der Waals surface area contributed by atoms with Crippen molar-refractivity contribution in [2.45, 2.75) is 112 Å². The Labute approximate surface area is 263 Å². The molecule has 0 spiro atoms. The third kappa shape index (κ3) is 10.7. The molecule has 0 atom stereocenters. The summed E-state index contributed by atoms with van der Waals surface area (Å²) in [5, 5.41) is 7.17. The molecule has 6 amide bonds. The van der Waals surface area contributed by atoms with Crippen molar-refractivity contribution < 1.29 is 28.8 Å². The van der Waals surface area contributed by atoms with E-state index >= 15 is 0 Å². The highest BCUT2D eigenvalue weighted by Crippen LogP contribution is 2.60. The molecule has 5 aliphatic rings. The highest BCUT2D eigenvalue weighted by atomic mass is 16.2. The predicted molar refractivity (Wildman–Crippen MR) is 171 cm³/mol. The van der Waals surface area contributed by atoms with Gasteiger partial charge in [-0.25, -0.2) is 0 Å². The molecule has 5 fully saturated rings. The van der Waals surface area contributed by atoms with Crippen molar-refractivity contribution in [2.24, 2.45) is 34.5 Å². The molecule has 0 unspecified atom stereocenters. The minimum Gasteiger partial charge on any atom is -0.292 e. The average molecular weight is 612 g/mol. The lowest BCUT2D eigenvalue weighted by molar-refractivity contribution is -0.148. The van der Waals surface area contributed by atoms with E-state index in [1.54, 1.807) is 41.5 Å². The van der Waals surface area contributed by atoms with Gasteiger partial charge < -0.3 is 0 Å². The molecule has 4 bridgehead atoms. The van der Waals surface area contributed by atoms with Crippen LogP contribution in [0, 0.1) is 34.5 Å². The Morgan fingerprint density at radius 2 is 1.00 bits per heavy atom. The summed E-state index contributed by atoms with van der Waals surface area (Å²) in [6, 6.07) is 0. The summed E-state index contributed by atoms with van der Waals surface area (Å²) >= 11 is 0. The number of rotatable bonds is 5. The summed E-state index contributed by atoms with van der Waals surface area (Å²) in [5.41, 5.74) is 0.361. The Kier molecular flexibility index (Phi) is 13.0. The van der Waals surface area contributed by atoms with Gasteiger partial charge >= 0.3 is 0 Å². The second-order valence-electron chi connectivity index (χ2n) is 14.5. The van der Waals surface area contributed by atoms with Gasteiger partial charge in [-0.2, -0.15) is 0 Å². The molecular formula is C35H53N3O6. The van der Waals surface area contributed by atoms with Gasteiger partial charge in [0.15, 0.2) is 0 Å². The Bertz CT molecular complexity index is 1150. The van der Waals surface area contributed by atoms with E-state index in [1.165, 1.54) is 25.7 Å². The highest BCUT2D eigenvalue weighted by Gasteiger charge is 2.54. The first kappa shape index (κ1) is 36.8. The summed E-state index contributed by atoms with van der Waals surface area (Å²) in [4.78, 5) is 68.9. The van der Waals surface area contributed by atoms with Gasteiger partial charge in [0.05, 0.1) is 5.41 Å². The fraction of sp³-hybridized carbons (Fsp3) is 0.657. The molecule has 5 rings (SSSR count). The first-order valence-electron chi connectivity index (χ1n) is 15.9. The van der Waals surface area contributed by atoms with E-state index in [0.717, 1.165) is 62.7 Å². The molecule has 244 valence electrons. The Balaban J connectivity index is 0.000000237. The lowest BCUT2D eigenvalue weighted by Crippen LogP contribution is -2.54. The van der Waals surface area contributed by atoms with Crippen LogP contribution in [-0.4, -0.2) is 35.4 Å². The maximum atomic E-state index is 12.4. The smallest absolute Gasteiger partial charge is 0.252 e. The summed E-state index contributed by atoms with van der Waals surface area (Å²) in [6.07, 6.45) is 12.1. The minimum atomic E-state index is -0.537. The number of carbonyl (C=O) groups excluding carboxylic acids is 6. The Morgan fingerprint density at radius 3 is 1.39 bits per heavy atom. The van der Waals surface area contributed by atoms with E-state index in [0.29, 0.717) is 16.7 Å². The number of imide groups is 3. The first-order chi connectivity index (χ1) is 20.3. The second kappa shape index (κ2) is 15.6. The van der Waals surface area contributed by atoms with Crippen molar-refractivity contribution in [2.75, 3.05) is 0 Å². The number of nitrogens with one attached hydrogen (secondary N) is 3. The number of carbonyl (C=O) groups is 6. The third-order valence-corrected chi connectivity index (χ3v) is 9.03. The van der Waals surface area contributed by atoms with Crippen LogP contribution in [0.4, 0.5) is 0 Å². The summed E-state index contributed by atoms with van der Waals surface area (Å²) in [5.74, 6) is 0.701. The van der Waals surface area contributed by atoms with Crippen molar-refractivity contribution >= 4 is 35.4 Å². The van der Waals surface area contributed by atoms with Gasteiger partial charge in [0.2, 0.25) is 17.7 Å². The van der Waals surface area contributed by atoms with Gasteiger partial charge in [0, 0.05) is 28.1 Å². The van der Waals surface area contributed by atoms with Crippen molar-refractivity contribution in [1.82, 2.24) is 16.0 Å². The largest absolute Gasteiger partial charge is 0.292 e. The van der Waals surface area contributed by atoms with E-state index in [2.05, 4.69) is 35.7 Å². The van der Waals surface area contributed by atoms with Crippen LogP contribution in [0.2, 0.25) is 0 Å². The van der Waals surface area contributed by atoms with E-state index in [9.17, 15) is 28.8 Å². The van der Waals surface area contributed by atoms with Crippen molar-refractivity contribution in [1.29, 1.82) is 0 Å². The zero-order valence-electron chi connectivity index (χ0n) is 27.7.